The molecule has 0 saturated heterocycles. The topological polar surface area (TPSA) is 92.3 Å². The Balaban J connectivity index is 2.16. The zero-order valence-corrected chi connectivity index (χ0v) is 21.7. The molecule has 37 heavy (non-hydrogen) atoms. The monoisotopic (exact) mass is 498 g/mol. The summed E-state index contributed by atoms with van der Waals surface area (Å²) in [5, 5.41) is 5.67. The Morgan fingerprint density at radius 3 is 1.16 bits per heavy atom. The van der Waals surface area contributed by atoms with E-state index >= 15 is 0 Å². The van der Waals surface area contributed by atoms with Gasteiger partial charge in [-0.05, 0) is 29.8 Å². The number of ketones is 2. The maximum atomic E-state index is 13.8. The molecular formula is C31H34N2O4. The Labute approximate surface area is 218 Å². The maximum absolute atomic E-state index is 13.8. The van der Waals surface area contributed by atoms with Gasteiger partial charge in [0.15, 0.2) is 0 Å². The van der Waals surface area contributed by atoms with Crippen LogP contribution in [0.2, 0.25) is 0 Å². The van der Waals surface area contributed by atoms with E-state index in [1.807, 2.05) is 18.2 Å². The number of nitrogens with one attached hydrogen (secondary N) is 2. The van der Waals surface area contributed by atoms with Crippen molar-refractivity contribution in [1.82, 2.24) is 0 Å². The van der Waals surface area contributed by atoms with Gasteiger partial charge in [0.05, 0.1) is 0 Å². The highest BCUT2D eigenvalue weighted by atomic mass is 16.2. The minimum Gasteiger partial charge on any atom is -0.325 e. The van der Waals surface area contributed by atoms with Crippen LogP contribution in [0.15, 0.2) is 91.0 Å². The number of rotatable bonds is 11. The fraction of sp³-hybridized carbons (Fsp3) is 0.290. The summed E-state index contributed by atoms with van der Waals surface area (Å²) in [4.78, 5) is 54.9. The Bertz CT molecular complexity index is 1130. The highest BCUT2D eigenvalue weighted by molar-refractivity contribution is 6.13. The summed E-state index contributed by atoms with van der Waals surface area (Å²) in [5.41, 5.74) is 1.63. The molecule has 0 aromatic heterocycles. The van der Waals surface area contributed by atoms with Gasteiger partial charge >= 0.3 is 0 Å². The van der Waals surface area contributed by atoms with Crippen molar-refractivity contribution in [2.45, 2.75) is 33.6 Å². The van der Waals surface area contributed by atoms with Gasteiger partial charge in [0.1, 0.15) is 23.4 Å². The lowest BCUT2D eigenvalue weighted by atomic mass is 9.69. The fourth-order valence-corrected chi connectivity index (χ4v) is 4.39. The van der Waals surface area contributed by atoms with Gasteiger partial charge in [0, 0.05) is 29.1 Å². The second-order valence-corrected chi connectivity index (χ2v) is 9.72. The lowest BCUT2D eigenvalue weighted by Crippen LogP contribution is -2.46. The van der Waals surface area contributed by atoms with Crippen molar-refractivity contribution in [3.63, 3.8) is 0 Å². The Morgan fingerprint density at radius 1 is 0.514 bits per heavy atom. The van der Waals surface area contributed by atoms with Crippen LogP contribution in [0.1, 0.15) is 39.2 Å². The smallest absolute Gasteiger partial charge is 0.235 e. The maximum Gasteiger partial charge on any atom is 0.235 e. The number of carbonyl (C=O) groups is 4. The van der Waals surface area contributed by atoms with Gasteiger partial charge in [0.25, 0.3) is 0 Å². The zero-order valence-electron chi connectivity index (χ0n) is 21.7. The molecule has 3 rings (SSSR count). The molecule has 0 radical (unpaired) electrons. The van der Waals surface area contributed by atoms with Crippen LogP contribution in [0.25, 0.3) is 0 Å². The number of hydrogen-bond donors (Lipinski definition) is 2. The number of carbonyl (C=O) groups excluding carboxylic acids is 4. The molecule has 2 amide bonds. The van der Waals surface area contributed by atoms with Gasteiger partial charge in [-0.15, -0.1) is 0 Å². The van der Waals surface area contributed by atoms with Crippen molar-refractivity contribution in [3.05, 3.63) is 96.6 Å². The predicted octanol–water partition coefficient (Wildman–Crippen LogP) is 5.73. The van der Waals surface area contributed by atoms with Gasteiger partial charge in [-0.3, -0.25) is 19.2 Å². The molecular weight excluding hydrogens is 464 g/mol. The first-order valence-electron chi connectivity index (χ1n) is 12.5. The molecule has 0 unspecified atom stereocenters. The molecule has 2 N–H and O–H groups in total. The number of amides is 2. The normalized spacial score (nSPS) is 12.7. The molecule has 2 atom stereocenters. The van der Waals surface area contributed by atoms with Crippen molar-refractivity contribution in [2.24, 2.45) is 23.7 Å². The minimum absolute atomic E-state index is 0.337. The van der Waals surface area contributed by atoms with Crippen molar-refractivity contribution in [1.29, 1.82) is 0 Å². The van der Waals surface area contributed by atoms with Crippen LogP contribution in [0, 0.1) is 23.7 Å². The highest BCUT2D eigenvalue weighted by Gasteiger charge is 2.47. The van der Waals surface area contributed by atoms with E-state index in [-0.39, 0.29) is 11.6 Å². The molecule has 0 aliphatic heterocycles. The van der Waals surface area contributed by atoms with E-state index in [1.54, 1.807) is 100 Å². The average molecular weight is 499 g/mol. The zero-order chi connectivity index (χ0) is 26.9. The summed E-state index contributed by atoms with van der Waals surface area (Å²) < 4.78 is 0. The van der Waals surface area contributed by atoms with Crippen LogP contribution >= 0.6 is 0 Å². The van der Waals surface area contributed by atoms with Gasteiger partial charge in [0.2, 0.25) is 11.8 Å². The number of hydrogen-bond acceptors (Lipinski definition) is 4. The molecule has 192 valence electrons. The van der Waals surface area contributed by atoms with E-state index in [4.69, 9.17) is 0 Å². The first-order chi connectivity index (χ1) is 17.7. The standard InChI is InChI=1S/C31H34N2O4/c1-20(2)28(34)26(30(36)32-23-16-10-6-11-17-23)25(22-14-8-5-9-15-22)27(29(35)21(3)4)31(37)33-24-18-12-7-13-19-24/h5-21,25-27H,1-4H3,(H,32,36)(H,33,37)/t26-,27-/m1/s1. The second-order valence-electron chi connectivity index (χ2n) is 9.72. The Kier molecular flexibility index (Phi) is 9.50. The molecule has 6 heteroatoms. The third-order valence-corrected chi connectivity index (χ3v) is 6.30. The molecule has 6 nitrogen and oxygen atoms in total. The molecule has 0 saturated carbocycles. The van der Waals surface area contributed by atoms with Crippen LogP contribution in [-0.4, -0.2) is 23.4 Å². The fourth-order valence-electron chi connectivity index (χ4n) is 4.39. The number of anilines is 2. The lowest BCUT2D eigenvalue weighted by molar-refractivity contribution is -0.138. The number of Topliss-reactive ketones (excluding diaryl/α,β-unsaturated/α-hetero) is 2. The van der Waals surface area contributed by atoms with Gasteiger partial charge in [-0.1, -0.05) is 94.4 Å². The van der Waals surface area contributed by atoms with E-state index in [0.29, 0.717) is 16.9 Å². The van der Waals surface area contributed by atoms with Crippen molar-refractivity contribution >= 4 is 34.8 Å². The molecule has 0 spiro atoms. The summed E-state index contributed by atoms with van der Waals surface area (Å²) in [6.07, 6.45) is 0. The summed E-state index contributed by atoms with van der Waals surface area (Å²) in [6.45, 7) is 6.87. The molecule has 0 bridgehead atoms. The molecule has 0 heterocycles. The summed E-state index contributed by atoms with van der Waals surface area (Å²) >= 11 is 0. The molecule has 0 fully saturated rings. The predicted molar refractivity (Wildman–Crippen MR) is 146 cm³/mol. The Hall–Kier alpha value is -4.06. The molecule has 3 aromatic carbocycles. The van der Waals surface area contributed by atoms with E-state index in [0.717, 1.165) is 0 Å². The largest absolute Gasteiger partial charge is 0.325 e. The van der Waals surface area contributed by atoms with Crippen LogP contribution < -0.4 is 10.6 Å². The first kappa shape index (κ1) is 27.5. The van der Waals surface area contributed by atoms with Crippen LogP contribution in [0.5, 0.6) is 0 Å². The van der Waals surface area contributed by atoms with E-state index in [9.17, 15) is 19.2 Å². The van der Waals surface area contributed by atoms with Crippen LogP contribution in [0.4, 0.5) is 11.4 Å². The number of para-hydroxylation sites is 2. The quantitative estimate of drug-likeness (QED) is 0.330. The summed E-state index contributed by atoms with van der Waals surface area (Å²) in [7, 11) is 0. The van der Waals surface area contributed by atoms with Crippen molar-refractivity contribution in [2.75, 3.05) is 10.6 Å². The number of benzene rings is 3. The van der Waals surface area contributed by atoms with Gasteiger partial charge in [-0.2, -0.15) is 0 Å². The third kappa shape index (κ3) is 7.00. The Morgan fingerprint density at radius 2 is 0.838 bits per heavy atom. The third-order valence-electron chi connectivity index (χ3n) is 6.30. The van der Waals surface area contributed by atoms with Crippen LogP contribution in [-0.2, 0) is 19.2 Å². The van der Waals surface area contributed by atoms with E-state index in [1.165, 1.54) is 0 Å². The summed E-state index contributed by atoms with van der Waals surface area (Å²) in [6, 6.07) is 26.6. The highest BCUT2D eigenvalue weighted by Crippen LogP contribution is 2.38. The van der Waals surface area contributed by atoms with Crippen LogP contribution in [0.3, 0.4) is 0 Å². The molecule has 3 aromatic rings. The lowest BCUT2D eigenvalue weighted by Gasteiger charge is -2.33. The molecule has 0 aliphatic carbocycles. The minimum atomic E-state index is -1.27. The van der Waals surface area contributed by atoms with Gasteiger partial charge in [-0.25, -0.2) is 0 Å². The first-order valence-corrected chi connectivity index (χ1v) is 12.5. The van der Waals surface area contributed by atoms with Crippen molar-refractivity contribution < 1.29 is 19.2 Å². The SMILES string of the molecule is CC(C)C(=O)[C@H](C(=O)Nc1ccccc1)C(c1ccccc1)[C@@H](C(=O)Nc1ccccc1)C(=O)C(C)C. The van der Waals surface area contributed by atoms with Gasteiger partial charge < -0.3 is 10.6 Å². The molecule has 0 aliphatic rings. The van der Waals surface area contributed by atoms with E-state index in [2.05, 4.69) is 10.6 Å². The second kappa shape index (κ2) is 12.8. The average Bonchev–Trinajstić information content (AvgIpc) is 2.89. The van der Waals surface area contributed by atoms with E-state index < -0.39 is 41.4 Å². The van der Waals surface area contributed by atoms with Crippen molar-refractivity contribution in [3.8, 4) is 0 Å². The summed E-state index contributed by atoms with van der Waals surface area (Å²) in [5.74, 6) is -6.30.